The van der Waals surface area contributed by atoms with Crippen LogP contribution in [-0.4, -0.2) is 53.3 Å². The number of halogens is 3. The molecule has 0 radical (unpaired) electrons. The molecule has 0 bridgehead atoms. The Morgan fingerprint density at radius 1 is 1.11 bits per heavy atom. The quantitative estimate of drug-likeness (QED) is 0.749. The maximum Gasteiger partial charge on any atom is 0.244 e. The fourth-order valence-electron chi connectivity index (χ4n) is 3.38. The molecule has 4 rings (SSSR count). The van der Waals surface area contributed by atoms with E-state index in [2.05, 4.69) is 14.9 Å². The first-order valence-electron chi connectivity index (χ1n) is 8.94. The Labute approximate surface area is 158 Å². The molecular formula is C19H16F3N3O3. The number of carbonyl (C=O) groups is 2. The van der Waals surface area contributed by atoms with Crippen molar-refractivity contribution in [2.75, 3.05) is 26.2 Å². The molecule has 6 nitrogen and oxygen atoms in total. The van der Waals surface area contributed by atoms with Gasteiger partial charge in [0.05, 0.1) is 24.2 Å². The van der Waals surface area contributed by atoms with Gasteiger partial charge in [-0.2, -0.15) is 0 Å². The number of carbonyl (C=O) groups excluding carboxylic acids is 2. The maximum atomic E-state index is 14.0. The standard InChI is InChI=1S/C19H16F3N3O3/c20-11-4-3-10(14(21)15(11)22)19-24-16-13(26)9-12(17(27)18(16)28-19)23-5-8-25-6-1-2-7-25/h3-4H,1-2,5-9H2. The number of fused-ring (bicyclic) bond motifs is 1. The van der Waals surface area contributed by atoms with Crippen LogP contribution in [0.5, 0.6) is 0 Å². The molecule has 1 aromatic carbocycles. The van der Waals surface area contributed by atoms with E-state index in [1.165, 1.54) is 0 Å². The van der Waals surface area contributed by atoms with Crippen molar-refractivity contribution in [3.63, 3.8) is 0 Å². The second kappa shape index (κ2) is 7.31. The van der Waals surface area contributed by atoms with Gasteiger partial charge < -0.3 is 9.32 Å². The summed E-state index contributed by atoms with van der Waals surface area (Å²) in [4.78, 5) is 35.2. The Morgan fingerprint density at radius 3 is 2.61 bits per heavy atom. The monoisotopic (exact) mass is 391 g/mol. The van der Waals surface area contributed by atoms with E-state index in [1.807, 2.05) is 0 Å². The molecule has 0 N–H and O–H groups in total. The fraction of sp³-hybridized carbons (Fsp3) is 0.368. The van der Waals surface area contributed by atoms with Crippen LogP contribution < -0.4 is 0 Å². The summed E-state index contributed by atoms with van der Waals surface area (Å²) in [5.74, 6) is -6.45. The summed E-state index contributed by atoms with van der Waals surface area (Å²) in [6, 6.07) is 1.65. The van der Waals surface area contributed by atoms with E-state index in [0.29, 0.717) is 19.2 Å². The number of ketones is 2. The van der Waals surface area contributed by atoms with E-state index in [-0.39, 0.29) is 23.6 Å². The van der Waals surface area contributed by atoms with E-state index in [1.54, 1.807) is 0 Å². The van der Waals surface area contributed by atoms with Gasteiger partial charge in [-0.15, -0.1) is 0 Å². The van der Waals surface area contributed by atoms with Gasteiger partial charge in [0.1, 0.15) is 0 Å². The predicted octanol–water partition coefficient (Wildman–Crippen LogP) is 3.06. The lowest BCUT2D eigenvalue weighted by atomic mass is 9.97. The van der Waals surface area contributed by atoms with Crippen molar-refractivity contribution in [2.45, 2.75) is 19.3 Å². The number of aliphatic imine (C=N–C) groups is 1. The van der Waals surface area contributed by atoms with Gasteiger partial charge in [0, 0.05) is 6.54 Å². The molecule has 28 heavy (non-hydrogen) atoms. The van der Waals surface area contributed by atoms with Gasteiger partial charge in [0.15, 0.2) is 28.9 Å². The molecule has 1 fully saturated rings. The molecule has 1 aromatic heterocycles. The van der Waals surface area contributed by atoms with Crippen LogP contribution in [0.4, 0.5) is 13.2 Å². The van der Waals surface area contributed by atoms with Crippen LogP contribution in [0.2, 0.25) is 0 Å². The number of rotatable bonds is 4. The van der Waals surface area contributed by atoms with Gasteiger partial charge in [-0.3, -0.25) is 14.6 Å². The zero-order valence-electron chi connectivity index (χ0n) is 14.8. The number of hydrogen-bond acceptors (Lipinski definition) is 6. The number of likely N-dealkylation sites (tertiary alicyclic amines) is 1. The molecule has 1 saturated heterocycles. The Hall–Kier alpha value is -2.81. The van der Waals surface area contributed by atoms with E-state index in [0.717, 1.165) is 32.0 Å². The van der Waals surface area contributed by atoms with Crippen molar-refractivity contribution in [3.8, 4) is 11.5 Å². The Kier molecular flexibility index (Phi) is 4.84. The SMILES string of the molecule is O=C1CC(=NCCN2CCCC2)C(=O)c2oc(-c3ccc(F)c(F)c3F)nc21. The third-order valence-corrected chi connectivity index (χ3v) is 4.87. The number of oxazole rings is 1. The molecule has 0 saturated carbocycles. The lowest BCUT2D eigenvalue weighted by Crippen LogP contribution is -2.28. The van der Waals surface area contributed by atoms with Gasteiger partial charge in [0.25, 0.3) is 0 Å². The van der Waals surface area contributed by atoms with Crippen LogP contribution >= 0.6 is 0 Å². The van der Waals surface area contributed by atoms with Crippen LogP contribution in [0.15, 0.2) is 21.5 Å². The normalized spacial score (nSPS) is 18.9. The fourth-order valence-corrected chi connectivity index (χ4v) is 3.38. The molecule has 0 unspecified atom stereocenters. The van der Waals surface area contributed by atoms with E-state index < -0.39 is 40.5 Å². The molecule has 0 spiro atoms. The molecule has 0 amide bonds. The minimum Gasteiger partial charge on any atom is -0.432 e. The smallest absolute Gasteiger partial charge is 0.244 e. The first-order valence-corrected chi connectivity index (χ1v) is 8.94. The van der Waals surface area contributed by atoms with Crippen molar-refractivity contribution < 1.29 is 27.2 Å². The minimum absolute atomic E-state index is 0.0603. The maximum absolute atomic E-state index is 14.0. The average molecular weight is 391 g/mol. The van der Waals surface area contributed by atoms with Gasteiger partial charge >= 0.3 is 0 Å². The number of nitrogens with zero attached hydrogens (tertiary/aromatic N) is 3. The molecular weight excluding hydrogens is 375 g/mol. The largest absolute Gasteiger partial charge is 0.432 e. The molecule has 1 aliphatic heterocycles. The van der Waals surface area contributed by atoms with Crippen LogP contribution in [0, 0.1) is 17.5 Å². The van der Waals surface area contributed by atoms with E-state index in [9.17, 15) is 22.8 Å². The Balaban J connectivity index is 1.60. The second-order valence-corrected chi connectivity index (χ2v) is 6.73. The summed E-state index contributed by atoms with van der Waals surface area (Å²) in [7, 11) is 0. The highest BCUT2D eigenvalue weighted by atomic mass is 19.2. The molecule has 146 valence electrons. The highest BCUT2D eigenvalue weighted by molar-refractivity contribution is 6.51. The van der Waals surface area contributed by atoms with Crippen molar-refractivity contribution in [2.24, 2.45) is 4.99 Å². The second-order valence-electron chi connectivity index (χ2n) is 6.73. The highest BCUT2D eigenvalue weighted by Gasteiger charge is 2.36. The first kappa shape index (κ1) is 18.5. The number of benzene rings is 1. The lowest BCUT2D eigenvalue weighted by Gasteiger charge is -2.13. The van der Waals surface area contributed by atoms with Gasteiger partial charge in [-0.25, -0.2) is 18.2 Å². The van der Waals surface area contributed by atoms with E-state index >= 15 is 0 Å². The topological polar surface area (TPSA) is 75.8 Å². The molecule has 1 aliphatic carbocycles. The van der Waals surface area contributed by atoms with Crippen LogP contribution in [0.25, 0.3) is 11.5 Å². The number of hydrogen-bond donors (Lipinski definition) is 0. The molecule has 2 aromatic rings. The zero-order valence-corrected chi connectivity index (χ0v) is 14.8. The van der Waals surface area contributed by atoms with Crippen molar-refractivity contribution in [1.29, 1.82) is 0 Å². The highest BCUT2D eigenvalue weighted by Crippen LogP contribution is 2.30. The number of aromatic nitrogens is 1. The van der Waals surface area contributed by atoms with Crippen LogP contribution in [-0.2, 0) is 0 Å². The summed E-state index contributed by atoms with van der Waals surface area (Å²) in [5.41, 5.74) is -0.658. The summed E-state index contributed by atoms with van der Waals surface area (Å²) in [6.07, 6.45) is 2.05. The van der Waals surface area contributed by atoms with E-state index in [4.69, 9.17) is 4.42 Å². The van der Waals surface area contributed by atoms with Crippen molar-refractivity contribution in [3.05, 3.63) is 41.0 Å². The average Bonchev–Trinajstić information content (AvgIpc) is 3.34. The van der Waals surface area contributed by atoms with Crippen molar-refractivity contribution in [1.82, 2.24) is 9.88 Å². The molecule has 0 atom stereocenters. The Bertz CT molecular complexity index is 994. The molecule has 9 heteroatoms. The predicted molar refractivity (Wildman–Crippen MR) is 93.1 cm³/mol. The van der Waals surface area contributed by atoms with Crippen LogP contribution in [0.1, 0.15) is 40.3 Å². The molecule has 2 heterocycles. The minimum atomic E-state index is -1.68. The molecule has 2 aliphatic rings. The summed E-state index contributed by atoms with van der Waals surface area (Å²) < 4.78 is 45.8. The Morgan fingerprint density at radius 2 is 1.86 bits per heavy atom. The zero-order chi connectivity index (χ0) is 19.8. The van der Waals surface area contributed by atoms with Crippen molar-refractivity contribution >= 4 is 17.3 Å². The number of Topliss-reactive ketones (excluding diaryl/α,β-unsaturated/α-hetero) is 2. The third-order valence-electron chi connectivity index (χ3n) is 4.87. The summed E-state index contributed by atoms with van der Waals surface area (Å²) in [6.45, 7) is 3.06. The van der Waals surface area contributed by atoms with Gasteiger partial charge in [-0.1, -0.05) is 0 Å². The lowest BCUT2D eigenvalue weighted by molar-refractivity contribution is 0.0949. The van der Waals surface area contributed by atoms with Gasteiger partial charge in [-0.05, 0) is 38.1 Å². The van der Waals surface area contributed by atoms with Crippen LogP contribution in [0.3, 0.4) is 0 Å². The van der Waals surface area contributed by atoms with Gasteiger partial charge in [0.2, 0.25) is 17.4 Å². The summed E-state index contributed by atoms with van der Waals surface area (Å²) >= 11 is 0. The third kappa shape index (κ3) is 3.26. The summed E-state index contributed by atoms with van der Waals surface area (Å²) in [5, 5.41) is 0. The first-order chi connectivity index (χ1) is 13.5.